The third-order valence-electron chi connectivity index (χ3n) is 2.16. The van der Waals surface area contributed by atoms with E-state index in [4.69, 9.17) is 5.73 Å². The van der Waals surface area contributed by atoms with Gasteiger partial charge in [0.2, 0.25) is 0 Å². The molecule has 72 valence electrons. The van der Waals surface area contributed by atoms with Crippen molar-refractivity contribution in [2.75, 3.05) is 0 Å². The molecule has 1 nitrogen and oxygen atoms in total. The number of halogens is 1. The van der Waals surface area contributed by atoms with Gasteiger partial charge in [-0.15, -0.1) is 0 Å². The van der Waals surface area contributed by atoms with Crippen LogP contribution in [0.3, 0.4) is 0 Å². The molecule has 0 aromatic heterocycles. The third kappa shape index (κ3) is 2.95. The van der Waals surface area contributed by atoms with Crippen molar-refractivity contribution in [1.29, 1.82) is 0 Å². The Morgan fingerprint density at radius 2 is 1.92 bits per heavy atom. The maximum Gasteiger partial charge on any atom is 0.0162 e. The Balaban J connectivity index is 3.01. The Kier molecular flexibility index (Phi) is 3.74. The summed E-state index contributed by atoms with van der Waals surface area (Å²) in [6.45, 7) is 6.35. The summed E-state index contributed by atoms with van der Waals surface area (Å²) < 4.78 is 1.34. The minimum Gasteiger partial charge on any atom is -0.328 e. The summed E-state index contributed by atoms with van der Waals surface area (Å²) in [4.78, 5) is 0. The monoisotopic (exact) mass is 289 g/mol. The number of aryl methyl sites for hydroxylation is 2. The van der Waals surface area contributed by atoms with Gasteiger partial charge in [0.1, 0.15) is 0 Å². The molecule has 0 aliphatic rings. The molecule has 0 spiro atoms. The average Bonchev–Trinajstić information content (AvgIpc) is 1.99. The highest BCUT2D eigenvalue weighted by atomic mass is 127. The summed E-state index contributed by atoms with van der Waals surface area (Å²) in [5.74, 6) is 0. The predicted molar refractivity (Wildman–Crippen MR) is 66.0 cm³/mol. The van der Waals surface area contributed by atoms with Crippen molar-refractivity contribution in [2.45, 2.75) is 33.2 Å². The van der Waals surface area contributed by atoms with Crippen LogP contribution in [0.25, 0.3) is 0 Å². The first-order chi connectivity index (χ1) is 6.00. The number of rotatable bonds is 2. The molecule has 1 atom stereocenters. The van der Waals surface area contributed by atoms with Crippen molar-refractivity contribution < 1.29 is 0 Å². The standard InChI is InChI=1S/C11H16IN/c1-7-5-11(12)8(2)4-10(7)6-9(3)13/h4-5,9H,6,13H2,1-3H3. The molecule has 0 heterocycles. The highest BCUT2D eigenvalue weighted by molar-refractivity contribution is 14.1. The van der Waals surface area contributed by atoms with E-state index < -0.39 is 0 Å². The fourth-order valence-corrected chi connectivity index (χ4v) is 2.03. The first-order valence-electron chi connectivity index (χ1n) is 4.52. The SMILES string of the molecule is Cc1cc(CC(C)N)c(C)cc1I. The Labute approximate surface area is 93.9 Å². The van der Waals surface area contributed by atoms with Gasteiger partial charge < -0.3 is 5.73 Å². The van der Waals surface area contributed by atoms with E-state index >= 15 is 0 Å². The summed E-state index contributed by atoms with van der Waals surface area (Å²) in [6, 6.07) is 4.73. The summed E-state index contributed by atoms with van der Waals surface area (Å²) in [7, 11) is 0. The van der Waals surface area contributed by atoms with Crippen molar-refractivity contribution >= 4 is 22.6 Å². The smallest absolute Gasteiger partial charge is 0.0162 e. The largest absolute Gasteiger partial charge is 0.328 e. The van der Waals surface area contributed by atoms with Gasteiger partial charge >= 0.3 is 0 Å². The highest BCUT2D eigenvalue weighted by Gasteiger charge is 2.04. The maximum atomic E-state index is 5.78. The van der Waals surface area contributed by atoms with E-state index in [0.29, 0.717) is 0 Å². The zero-order valence-electron chi connectivity index (χ0n) is 8.39. The second-order valence-corrected chi connectivity index (χ2v) is 4.87. The molecule has 0 amide bonds. The summed E-state index contributed by atoms with van der Waals surface area (Å²) >= 11 is 2.37. The molecule has 1 rings (SSSR count). The zero-order valence-corrected chi connectivity index (χ0v) is 10.6. The van der Waals surface area contributed by atoms with Crippen LogP contribution in [0, 0.1) is 17.4 Å². The van der Waals surface area contributed by atoms with E-state index in [1.807, 2.05) is 6.92 Å². The van der Waals surface area contributed by atoms with Gasteiger partial charge in [-0.3, -0.25) is 0 Å². The summed E-state index contributed by atoms with van der Waals surface area (Å²) in [5.41, 5.74) is 9.86. The molecule has 0 radical (unpaired) electrons. The van der Waals surface area contributed by atoms with Crippen LogP contribution in [0.4, 0.5) is 0 Å². The van der Waals surface area contributed by atoms with Crippen molar-refractivity contribution in [3.8, 4) is 0 Å². The normalized spacial score (nSPS) is 13.0. The van der Waals surface area contributed by atoms with Crippen molar-refractivity contribution in [2.24, 2.45) is 5.73 Å². The topological polar surface area (TPSA) is 26.0 Å². The van der Waals surface area contributed by atoms with Gasteiger partial charge in [0, 0.05) is 9.61 Å². The molecular formula is C11H16IN. The zero-order chi connectivity index (χ0) is 10.0. The van der Waals surface area contributed by atoms with Gasteiger partial charge in [-0.05, 0) is 72.5 Å². The fraction of sp³-hybridized carbons (Fsp3) is 0.455. The van der Waals surface area contributed by atoms with Gasteiger partial charge in [0.15, 0.2) is 0 Å². The first kappa shape index (κ1) is 11.0. The predicted octanol–water partition coefficient (Wildman–Crippen LogP) is 2.80. The fourth-order valence-electron chi connectivity index (χ4n) is 1.41. The van der Waals surface area contributed by atoms with Crippen LogP contribution in [0.2, 0.25) is 0 Å². The Bertz CT molecular complexity index is 305. The highest BCUT2D eigenvalue weighted by Crippen LogP contribution is 2.18. The van der Waals surface area contributed by atoms with Crippen LogP contribution in [0.5, 0.6) is 0 Å². The van der Waals surface area contributed by atoms with Crippen molar-refractivity contribution in [1.82, 2.24) is 0 Å². The van der Waals surface area contributed by atoms with Crippen LogP contribution in [0.1, 0.15) is 23.6 Å². The van der Waals surface area contributed by atoms with Crippen molar-refractivity contribution in [3.05, 3.63) is 32.4 Å². The molecule has 0 bridgehead atoms. The molecule has 2 heteroatoms. The molecule has 13 heavy (non-hydrogen) atoms. The van der Waals surface area contributed by atoms with E-state index in [9.17, 15) is 0 Å². The molecule has 0 aliphatic heterocycles. The Morgan fingerprint density at radius 3 is 2.46 bits per heavy atom. The van der Waals surface area contributed by atoms with Gasteiger partial charge in [0.25, 0.3) is 0 Å². The van der Waals surface area contributed by atoms with Crippen LogP contribution in [0.15, 0.2) is 12.1 Å². The lowest BCUT2D eigenvalue weighted by atomic mass is 10.0. The summed E-state index contributed by atoms with van der Waals surface area (Å²) in [6.07, 6.45) is 0.976. The lowest BCUT2D eigenvalue weighted by molar-refractivity contribution is 0.734. The van der Waals surface area contributed by atoms with E-state index in [1.54, 1.807) is 0 Å². The van der Waals surface area contributed by atoms with Crippen LogP contribution >= 0.6 is 22.6 Å². The minimum atomic E-state index is 0.248. The molecule has 0 aliphatic carbocycles. The van der Waals surface area contributed by atoms with Crippen LogP contribution in [-0.2, 0) is 6.42 Å². The lowest BCUT2D eigenvalue weighted by Gasteiger charge is -2.10. The molecule has 1 unspecified atom stereocenters. The van der Waals surface area contributed by atoms with Gasteiger partial charge in [0.05, 0.1) is 0 Å². The molecule has 1 aromatic rings. The second-order valence-electron chi connectivity index (χ2n) is 3.71. The summed E-state index contributed by atoms with van der Waals surface area (Å²) in [5, 5.41) is 0. The molecule has 0 fully saturated rings. The first-order valence-corrected chi connectivity index (χ1v) is 5.59. The second kappa shape index (κ2) is 4.42. The Morgan fingerprint density at radius 1 is 1.31 bits per heavy atom. The van der Waals surface area contributed by atoms with E-state index in [1.165, 1.54) is 20.3 Å². The van der Waals surface area contributed by atoms with Gasteiger partial charge in [-0.2, -0.15) is 0 Å². The number of hydrogen-bond donors (Lipinski definition) is 1. The van der Waals surface area contributed by atoms with Gasteiger partial charge in [-0.25, -0.2) is 0 Å². The Hall–Kier alpha value is -0.0900. The van der Waals surface area contributed by atoms with Crippen molar-refractivity contribution in [3.63, 3.8) is 0 Å². The lowest BCUT2D eigenvalue weighted by Crippen LogP contribution is -2.18. The molecule has 0 saturated heterocycles. The average molecular weight is 289 g/mol. The van der Waals surface area contributed by atoms with E-state index in [0.717, 1.165) is 6.42 Å². The van der Waals surface area contributed by atoms with Gasteiger partial charge in [-0.1, -0.05) is 6.07 Å². The van der Waals surface area contributed by atoms with Crippen LogP contribution in [-0.4, -0.2) is 6.04 Å². The molecule has 2 N–H and O–H groups in total. The maximum absolute atomic E-state index is 5.78. The van der Waals surface area contributed by atoms with Crippen LogP contribution < -0.4 is 5.73 Å². The van der Waals surface area contributed by atoms with E-state index in [2.05, 4.69) is 48.6 Å². The van der Waals surface area contributed by atoms with E-state index in [-0.39, 0.29) is 6.04 Å². The molecular weight excluding hydrogens is 273 g/mol. The molecule has 1 aromatic carbocycles. The molecule has 0 saturated carbocycles. The number of nitrogens with two attached hydrogens (primary N) is 1. The number of benzene rings is 1. The quantitative estimate of drug-likeness (QED) is 0.832. The minimum absolute atomic E-state index is 0.248. The third-order valence-corrected chi connectivity index (χ3v) is 3.32. The number of hydrogen-bond acceptors (Lipinski definition) is 1.